The van der Waals surface area contributed by atoms with Crippen LogP contribution in [-0.4, -0.2) is 11.3 Å². The Kier molecular flexibility index (Phi) is 5.20. The van der Waals surface area contributed by atoms with Gasteiger partial charge in [0.05, 0.1) is 6.42 Å². The van der Waals surface area contributed by atoms with Crippen LogP contribution in [0, 0.1) is 13.8 Å². The van der Waals surface area contributed by atoms with Crippen molar-refractivity contribution in [2.24, 2.45) is 5.73 Å². The van der Waals surface area contributed by atoms with Crippen LogP contribution in [0.15, 0.2) is 42.5 Å². The Morgan fingerprint density at radius 2 is 1.67 bits per heavy atom. The summed E-state index contributed by atoms with van der Waals surface area (Å²) >= 11 is 0. The summed E-state index contributed by atoms with van der Waals surface area (Å²) in [5.74, 6) is 0.345. The summed E-state index contributed by atoms with van der Waals surface area (Å²) in [6.07, 6.45) is -6.10. The number of aryl methyl sites for hydroxylation is 2. The van der Waals surface area contributed by atoms with Crippen LogP contribution in [0.25, 0.3) is 0 Å². The number of hydrogen-bond acceptors (Lipinski definition) is 3. The van der Waals surface area contributed by atoms with E-state index in [-0.39, 0.29) is 12.2 Å². The van der Waals surface area contributed by atoms with Crippen molar-refractivity contribution in [2.75, 3.05) is 0 Å². The van der Waals surface area contributed by atoms with Gasteiger partial charge >= 0.3 is 6.18 Å². The van der Waals surface area contributed by atoms with Gasteiger partial charge in [0.15, 0.2) is 0 Å². The van der Waals surface area contributed by atoms with Crippen LogP contribution in [0.5, 0.6) is 5.75 Å². The second-order valence-corrected chi connectivity index (χ2v) is 6.03. The lowest BCUT2D eigenvalue weighted by Crippen LogP contribution is -2.40. The molecule has 0 bridgehead atoms. The molecule has 2 rings (SSSR count). The van der Waals surface area contributed by atoms with E-state index in [2.05, 4.69) is 0 Å². The molecule has 1 atom stereocenters. The molecule has 0 fully saturated rings. The summed E-state index contributed by atoms with van der Waals surface area (Å²) in [4.78, 5) is 0. The van der Waals surface area contributed by atoms with E-state index in [0.29, 0.717) is 5.75 Å². The zero-order chi connectivity index (χ0) is 18.0. The van der Waals surface area contributed by atoms with E-state index >= 15 is 0 Å². The molecule has 0 aromatic heterocycles. The van der Waals surface area contributed by atoms with E-state index in [0.717, 1.165) is 16.7 Å². The van der Waals surface area contributed by atoms with Crippen LogP contribution in [0.3, 0.4) is 0 Å². The first-order valence-electron chi connectivity index (χ1n) is 7.44. The van der Waals surface area contributed by atoms with E-state index in [1.165, 1.54) is 18.2 Å². The molecule has 2 aromatic carbocycles. The molecular weight excluding hydrogens is 319 g/mol. The number of hydrogen-bond donors (Lipinski definition) is 2. The Labute approximate surface area is 138 Å². The summed E-state index contributed by atoms with van der Waals surface area (Å²) in [6.45, 7) is 4.22. The number of benzene rings is 2. The Morgan fingerprint density at radius 1 is 1.04 bits per heavy atom. The number of alkyl halides is 3. The van der Waals surface area contributed by atoms with E-state index in [9.17, 15) is 18.3 Å². The van der Waals surface area contributed by atoms with E-state index < -0.39 is 18.3 Å². The third-order valence-electron chi connectivity index (χ3n) is 3.49. The first kappa shape index (κ1) is 18.3. The monoisotopic (exact) mass is 339 g/mol. The molecule has 0 saturated carbocycles. The van der Waals surface area contributed by atoms with Gasteiger partial charge in [-0.15, -0.1) is 0 Å². The highest BCUT2D eigenvalue weighted by Gasteiger charge is 2.40. The Balaban J connectivity index is 2.12. The Morgan fingerprint density at radius 3 is 2.25 bits per heavy atom. The molecule has 24 heavy (non-hydrogen) atoms. The second-order valence-electron chi connectivity index (χ2n) is 6.03. The minimum atomic E-state index is -4.57. The van der Waals surface area contributed by atoms with Crippen LogP contribution in [0.4, 0.5) is 13.2 Å². The molecule has 0 spiro atoms. The molecule has 6 heteroatoms. The summed E-state index contributed by atoms with van der Waals surface area (Å²) in [6, 6.07) is 11.8. The number of nitrogens with two attached hydrogens (primary N) is 1. The van der Waals surface area contributed by atoms with Crippen molar-refractivity contribution < 1.29 is 23.0 Å². The van der Waals surface area contributed by atoms with E-state index in [4.69, 9.17) is 10.5 Å². The van der Waals surface area contributed by atoms with Crippen molar-refractivity contribution in [3.63, 3.8) is 0 Å². The predicted molar refractivity (Wildman–Crippen MR) is 85.4 cm³/mol. The van der Waals surface area contributed by atoms with Crippen molar-refractivity contribution in [3.8, 4) is 5.75 Å². The quantitative estimate of drug-likeness (QED) is 0.811. The fourth-order valence-electron chi connectivity index (χ4n) is 2.58. The van der Waals surface area contributed by atoms with E-state index in [1.54, 1.807) is 6.07 Å². The molecule has 0 aliphatic carbocycles. The lowest BCUT2D eigenvalue weighted by Gasteiger charge is -2.25. The van der Waals surface area contributed by atoms with Gasteiger partial charge in [0.25, 0.3) is 0 Å². The summed E-state index contributed by atoms with van der Waals surface area (Å²) < 4.78 is 43.2. The summed E-state index contributed by atoms with van der Waals surface area (Å²) in [5, 5.41) is 9.91. The molecule has 0 radical (unpaired) electrons. The number of rotatable bonds is 5. The molecule has 130 valence electrons. The first-order chi connectivity index (χ1) is 11.0. The highest BCUT2D eigenvalue weighted by atomic mass is 19.4. The second kappa shape index (κ2) is 6.83. The van der Waals surface area contributed by atoms with E-state index in [1.807, 2.05) is 32.0 Å². The standard InChI is InChI=1S/C18H20F3NO2/c1-12-6-13(2)8-14(7-12)10-24-16-5-3-4-15(9-16)17(22,23)11-18(19,20)21/h3-9,23H,10-11,22H2,1-2H3. The van der Waals surface area contributed by atoms with Gasteiger partial charge < -0.3 is 9.84 Å². The van der Waals surface area contributed by atoms with Crippen LogP contribution < -0.4 is 10.5 Å². The van der Waals surface area contributed by atoms with Crippen LogP contribution in [0.2, 0.25) is 0 Å². The molecule has 3 nitrogen and oxygen atoms in total. The van der Waals surface area contributed by atoms with Gasteiger partial charge in [-0.3, -0.25) is 5.73 Å². The molecule has 0 aliphatic rings. The minimum absolute atomic E-state index is 0.0438. The van der Waals surface area contributed by atoms with Gasteiger partial charge in [0.1, 0.15) is 18.1 Å². The average molecular weight is 339 g/mol. The van der Waals surface area contributed by atoms with Gasteiger partial charge in [-0.2, -0.15) is 13.2 Å². The third-order valence-corrected chi connectivity index (χ3v) is 3.49. The third kappa shape index (κ3) is 5.25. The van der Waals surface area contributed by atoms with Crippen LogP contribution in [0.1, 0.15) is 28.7 Å². The van der Waals surface area contributed by atoms with Crippen molar-refractivity contribution in [2.45, 2.75) is 38.8 Å². The van der Waals surface area contributed by atoms with Crippen molar-refractivity contribution in [1.29, 1.82) is 0 Å². The largest absolute Gasteiger partial charge is 0.489 e. The molecule has 0 amide bonds. The lowest BCUT2D eigenvalue weighted by molar-refractivity contribution is -0.177. The minimum Gasteiger partial charge on any atom is -0.489 e. The van der Waals surface area contributed by atoms with Crippen LogP contribution >= 0.6 is 0 Å². The fourth-order valence-corrected chi connectivity index (χ4v) is 2.58. The zero-order valence-electron chi connectivity index (χ0n) is 13.5. The summed E-state index contributed by atoms with van der Waals surface area (Å²) in [5.41, 5.74) is 6.04. The maximum atomic E-state index is 12.5. The number of ether oxygens (including phenoxy) is 1. The highest BCUT2D eigenvalue weighted by Crippen LogP contribution is 2.32. The molecule has 3 N–H and O–H groups in total. The lowest BCUT2D eigenvalue weighted by atomic mass is 10.00. The first-order valence-corrected chi connectivity index (χ1v) is 7.44. The molecule has 0 aliphatic heterocycles. The highest BCUT2D eigenvalue weighted by molar-refractivity contribution is 5.33. The molecule has 0 heterocycles. The SMILES string of the molecule is Cc1cc(C)cc(COc2cccc(C(N)(O)CC(F)(F)F)c2)c1. The van der Waals surface area contributed by atoms with Crippen LogP contribution in [-0.2, 0) is 12.3 Å². The van der Waals surface area contributed by atoms with Crippen molar-refractivity contribution in [3.05, 3.63) is 64.7 Å². The maximum absolute atomic E-state index is 12.5. The van der Waals surface area contributed by atoms with Crippen molar-refractivity contribution in [1.82, 2.24) is 0 Å². The van der Waals surface area contributed by atoms with Gasteiger partial charge in [-0.1, -0.05) is 41.5 Å². The fraction of sp³-hybridized carbons (Fsp3) is 0.333. The number of aliphatic hydroxyl groups is 1. The molecule has 0 saturated heterocycles. The van der Waals surface area contributed by atoms with Gasteiger partial charge in [-0.25, -0.2) is 0 Å². The molecule has 1 unspecified atom stereocenters. The van der Waals surface area contributed by atoms with Gasteiger partial charge in [-0.05, 0) is 31.5 Å². The summed E-state index contributed by atoms with van der Waals surface area (Å²) in [7, 11) is 0. The molecular formula is C18H20F3NO2. The molecule has 2 aromatic rings. The zero-order valence-corrected chi connectivity index (χ0v) is 13.5. The normalized spacial score (nSPS) is 14.3. The van der Waals surface area contributed by atoms with Crippen molar-refractivity contribution >= 4 is 0 Å². The maximum Gasteiger partial charge on any atom is 0.393 e. The predicted octanol–water partition coefficient (Wildman–Crippen LogP) is 3.94. The van der Waals surface area contributed by atoms with Gasteiger partial charge in [0, 0.05) is 5.56 Å². The Hall–Kier alpha value is -2.05. The average Bonchev–Trinajstić information content (AvgIpc) is 2.42. The Bertz CT molecular complexity index is 691. The van der Waals surface area contributed by atoms with Gasteiger partial charge in [0.2, 0.25) is 0 Å². The smallest absolute Gasteiger partial charge is 0.393 e. The topological polar surface area (TPSA) is 55.5 Å². The number of halogens is 3.